The minimum Gasteiger partial charge on any atom is -0.353 e. The Kier molecular flexibility index (Phi) is 6.90. The lowest BCUT2D eigenvalue weighted by atomic mass is 9.78. The lowest BCUT2D eigenvalue weighted by Crippen LogP contribution is -2.56. The number of carbonyl (C=O) groups is 2. The highest BCUT2D eigenvalue weighted by molar-refractivity contribution is 5.78. The molecular weight excluding hydrogens is 304 g/mol. The molecule has 1 aliphatic carbocycles. The van der Waals surface area contributed by atoms with Gasteiger partial charge >= 0.3 is 6.03 Å². The number of urea groups is 1. The summed E-state index contributed by atoms with van der Waals surface area (Å²) in [6, 6.07) is 0.535. The van der Waals surface area contributed by atoms with E-state index in [0.717, 1.165) is 19.5 Å². The molecule has 2 rings (SSSR count). The van der Waals surface area contributed by atoms with Gasteiger partial charge in [0.2, 0.25) is 5.91 Å². The van der Waals surface area contributed by atoms with Crippen LogP contribution in [0.25, 0.3) is 0 Å². The van der Waals surface area contributed by atoms with Crippen molar-refractivity contribution in [1.29, 1.82) is 0 Å². The van der Waals surface area contributed by atoms with Crippen LogP contribution >= 0.6 is 0 Å². The summed E-state index contributed by atoms with van der Waals surface area (Å²) in [7, 11) is 0. The Labute approximate surface area is 146 Å². The van der Waals surface area contributed by atoms with E-state index < -0.39 is 0 Å². The van der Waals surface area contributed by atoms with Crippen LogP contribution in [-0.4, -0.2) is 66.5 Å². The summed E-state index contributed by atoms with van der Waals surface area (Å²) >= 11 is 0. The number of carbonyl (C=O) groups excluding carboxylic acids is 2. The number of hydrogen-bond donors (Lipinski definition) is 2. The molecule has 2 N–H and O–H groups in total. The fourth-order valence-electron chi connectivity index (χ4n) is 3.72. The molecule has 2 fully saturated rings. The molecule has 1 heterocycles. The molecule has 0 radical (unpaired) electrons. The van der Waals surface area contributed by atoms with E-state index in [1.807, 2.05) is 18.7 Å². The minimum atomic E-state index is 0.0623. The third-order valence-electron chi connectivity index (χ3n) is 5.49. The number of amides is 3. The number of piperazine rings is 1. The zero-order chi connectivity index (χ0) is 17.7. The largest absolute Gasteiger partial charge is 0.353 e. The van der Waals surface area contributed by atoms with Gasteiger partial charge in [0, 0.05) is 38.3 Å². The van der Waals surface area contributed by atoms with Crippen molar-refractivity contribution in [1.82, 2.24) is 20.4 Å². The van der Waals surface area contributed by atoms with Crippen LogP contribution in [0.15, 0.2) is 0 Å². The van der Waals surface area contributed by atoms with Gasteiger partial charge in [-0.05, 0) is 32.1 Å². The molecule has 0 aromatic carbocycles. The molecule has 1 saturated heterocycles. The maximum atomic E-state index is 12.5. The van der Waals surface area contributed by atoms with Gasteiger partial charge in [-0.25, -0.2) is 4.79 Å². The van der Waals surface area contributed by atoms with E-state index in [0.29, 0.717) is 37.5 Å². The second-order valence-corrected chi connectivity index (χ2v) is 7.81. The normalized spacial score (nSPS) is 28.7. The Bertz CT molecular complexity index is 433. The molecule has 2 aliphatic rings. The fourth-order valence-corrected chi connectivity index (χ4v) is 3.72. The molecule has 1 saturated carbocycles. The van der Waals surface area contributed by atoms with Crippen molar-refractivity contribution in [3.8, 4) is 0 Å². The first-order valence-corrected chi connectivity index (χ1v) is 9.44. The van der Waals surface area contributed by atoms with Crippen molar-refractivity contribution >= 4 is 11.9 Å². The standard InChI is InChI=1S/C18H34N4O2/c1-13(2)19-17(23)12-21-8-10-22(11-9-21)18(24)20-16-7-5-6-14(3)15(16)4/h13-16H,5-12H2,1-4H3,(H,19,23)(H,20,24). The van der Waals surface area contributed by atoms with E-state index in [1.165, 1.54) is 12.8 Å². The van der Waals surface area contributed by atoms with E-state index in [-0.39, 0.29) is 18.0 Å². The van der Waals surface area contributed by atoms with Crippen LogP contribution in [0.5, 0.6) is 0 Å². The lowest BCUT2D eigenvalue weighted by molar-refractivity contribution is -0.123. The van der Waals surface area contributed by atoms with Gasteiger partial charge in [-0.1, -0.05) is 26.7 Å². The average molecular weight is 338 g/mol. The molecule has 24 heavy (non-hydrogen) atoms. The topological polar surface area (TPSA) is 64.7 Å². The van der Waals surface area contributed by atoms with Crippen molar-refractivity contribution in [2.75, 3.05) is 32.7 Å². The first kappa shape index (κ1) is 19.0. The molecule has 138 valence electrons. The molecule has 3 amide bonds. The molecule has 1 aliphatic heterocycles. The number of rotatable bonds is 4. The van der Waals surface area contributed by atoms with Crippen molar-refractivity contribution in [2.24, 2.45) is 11.8 Å². The zero-order valence-corrected chi connectivity index (χ0v) is 15.7. The van der Waals surface area contributed by atoms with Crippen molar-refractivity contribution in [3.05, 3.63) is 0 Å². The smallest absolute Gasteiger partial charge is 0.317 e. The van der Waals surface area contributed by atoms with E-state index in [1.54, 1.807) is 0 Å². The Balaban J connectivity index is 1.73. The molecule has 6 heteroatoms. The Morgan fingerprint density at radius 3 is 2.38 bits per heavy atom. The van der Waals surface area contributed by atoms with Crippen LogP contribution < -0.4 is 10.6 Å². The molecule has 0 bridgehead atoms. The number of hydrogen-bond acceptors (Lipinski definition) is 3. The van der Waals surface area contributed by atoms with Crippen molar-refractivity contribution in [2.45, 2.75) is 59.0 Å². The average Bonchev–Trinajstić information content (AvgIpc) is 2.51. The summed E-state index contributed by atoms with van der Waals surface area (Å²) in [5.74, 6) is 1.29. The van der Waals surface area contributed by atoms with Crippen LogP contribution in [0.2, 0.25) is 0 Å². The SMILES string of the molecule is CC(C)NC(=O)CN1CCN(C(=O)NC2CCCC(C)C2C)CC1. The third-order valence-corrected chi connectivity index (χ3v) is 5.49. The van der Waals surface area contributed by atoms with E-state index in [9.17, 15) is 9.59 Å². The summed E-state index contributed by atoms with van der Waals surface area (Å²) in [6.07, 6.45) is 3.56. The zero-order valence-electron chi connectivity index (χ0n) is 15.7. The van der Waals surface area contributed by atoms with Crippen LogP contribution in [0.4, 0.5) is 4.79 Å². The Morgan fingerprint density at radius 2 is 1.75 bits per heavy atom. The molecule has 6 nitrogen and oxygen atoms in total. The lowest BCUT2D eigenvalue weighted by Gasteiger charge is -2.38. The summed E-state index contributed by atoms with van der Waals surface area (Å²) in [5.41, 5.74) is 0. The van der Waals surface area contributed by atoms with Gasteiger partial charge in [0.1, 0.15) is 0 Å². The quantitative estimate of drug-likeness (QED) is 0.819. The molecular formula is C18H34N4O2. The highest BCUT2D eigenvalue weighted by atomic mass is 16.2. The summed E-state index contributed by atoms with van der Waals surface area (Å²) in [4.78, 5) is 28.3. The number of nitrogens with zero attached hydrogens (tertiary/aromatic N) is 2. The molecule has 0 spiro atoms. The van der Waals surface area contributed by atoms with Crippen LogP contribution in [-0.2, 0) is 4.79 Å². The highest BCUT2D eigenvalue weighted by Gasteiger charge is 2.30. The molecule has 3 atom stereocenters. The Morgan fingerprint density at radius 1 is 1.08 bits per heavy atom. The predicted octanol–water partition coefficient (Wildman–Crippen LogP) is 1.66. The van der Waals surface area contributed by atoms with E-state index in [4.69, 9.17) is 0 Å². The first-order chi connectivity index (χ1) is 11.4. The summed E-state index contributed by atoms with van der Waals surface area (Å²) < 4.78 is 0. The van der Waals surface area contributed by atoms with Gasteiger partial charge in [-0.3, -0.25) is 9.69 Å². The van der Waals surface area contributed by atoms with Crippen LogP contribution in [0, 0.1) is 11.8 Å². The van der Waals surface area contributed by atoms with Gasteiger partial charge in [0.25, 0.3) is 0 Å². The minimum absolute atomic E-state index is 0.0623. The second kappa shape index (κ2) is 8.70. The number of nitrogens with one attached hydrogen (secondary N) is 2. The summed E-state index contributed by atoms with van der Waals surface area (Å²) in [5, 5.41) is 6.15. The highest BCUT2D eigenvalue weighted by Crippen LogP contribution is 2.29. The van der Waals surface area contributed by atoms with E-state index >= 15 is 0 Å². The van der Waals surface area contributed by atoms with Gasteiger partial charge in [0.15, 0.2) is 0 Å². The molecule has 0 aromatic rings. The van der Waals surface area contributed by atoms with Gasteiger partial charge < -0.3 is 15.5 Å². The van der Waals surface area contributed by atoms with Crippen LogP contribution in [0.1, 0.15) is 47.0 Å². The molecule has 0 aromatic heterocycles. The van der Waals surface area contributed by atoms with Gasteiger partial charge in [0.05, 0.1) is 6.54 Å². The Hall–Kier alpha value is -1.30. The maximum absolute atomic E-state index is 12.5. The first-order valence-electron chi connectivity index (χ1n) is 9.44. The van der Waals surface area contributed by atoms with Crippen molar-refractivity contribution in [3.63, 3.8) is 0 Å². The summed E-state index contributed by atoms with van der Waals surface area (Å²) in [6.45, 7) is 11.8. The maximum Gasteiger partial charge on any atom is 0.317 e. The van der Waals surface area contributed by atoms with Crippen LogP contribution in [0.3, 0.4) is 0 Å². The predicted molar refractivity (Wildman–Crippen MR) is 95.8 cm³/mol. The van der Waals surface area contributed by atoms with Gasteiger partial charge in [-0.2, -0.15) is 0 Å². The van der Waals surface area contributed by atoms with Crippen molar-refractivity contribution < 1.29 is 9.59 Å². The third kappa shape index (κ3) is 5.36. The monoisotopic (exact) mass is 338 g/mol. The molecule has 3 unspecified atom stereocenters. The fraction of sp³-hybridized carbons (Fsp3) is 0.889. The van der Waals surface area contributed by atoms with Gasteiger partial charge in [-0.15, -0.1) is 0 Å². The van der Waals surface area contributed by atoms with E-state index in [2.05, 4.69) is 29.4 Å². The second-order valence-electron chi connectivity index (χ2n) is 7.81.